The molecule has 2 N–H and O–H groups in total. The van der Waals surface area contributed by atoms with Crippen molar-refractivity contribution in [3.05, 3.63) is 92.8 Å². The Morgan fingerprint density at radius 2 is 1.43 bits per heavy atom. The van der Waals surface area contributed by atoms with Crippen LogP contribution in [-0.2, 0) is 12.4 Å². The van der Waals surface area contributed by atoms with E-state index in [0.717, 1.165) is 27.8 Å². The zero-order valence-electron chi connectivity index (χ0n) is 25.8. The maximum Gasteiger partial charge on any atom is 0.455 e. The fraction of sp³-hybridized carbons (Fsp3) is 0.111. The van der Waals surface area contributed by atoms with Crippen LogP contribution in [0.5, 0.6) is 0 Å². The molecular formula is C27H16Cl2F6N14O4. The molecule has 0 aliphatic rings. The highest BCUT2D eigenvalue weighted by molar-refractivity contribution is 6.32. The molecule has 0 unspecified atom stereocenters. The number of alkyl halides is 6. The van der Waals surface area contributed by atoms with Gasteiger partial charge in [-0.15, -0.1) is 20.1 Å². The van der Waals surface area contributed by atoms with Crippen molar-refractivity contribution >= 4 is 59.7 Å². The summed E-state index contributed by atoms with van der Waals surface area (Å²) >= 11 is 12.0. The maximum atomic E-state index is 12.8. The van der Waals surface area contributed by atoms with Gasteiger partial charge < -0.3 is 10.2 Å². The molecule has 0 radical (unpaired) electrons. The molecule has 0 bridgehead atoms. The van der Waals surface area contributed by atoms with Gasteiger partial charge in [0, 0.05) is 24.2 Å². The molecule has 0 aliphatic carbocycles. The number of rotatable bonds is 8. The number of hydrogen-bond acceptors (Lipinski definition) is 12. The van der Waals surface area contributed by atoms with Gasteiger partial charge in [-0.1, -0.05) is 23.2 Å². The monoisotopic (exact) mass is 784 g/mol. The smallest absolute Gasteiger partial charge is 0.455 e. The van der Waals surface area contributed by atoms with E-state index in [1.54, 1.807) is 12.1 Å². The average Bonchev–Trinajstić information content (AvgIpc) is 3.89. The lowest BCUT2D eigenvalue weighted by Crippen LogP contribution is -2.12. The lowest BCUT2D eigenvalue weighted by atomic mass is 10.2. The number of aromatic nitrogens is 14. The highest BCUT2D eigenvalue weighted by Crippen LogP contribution is 2.28. The Bertz CT molecular complexity index is 2360. The zero-order chi connectivity index (χ0) is 38.7. The topological polar surface area (TPSA) is 223 Å². The molecule has 53 heavy (non-hydrogen) atoms. The van der Waals surface area contributed by atoms with Crippen LogP contribution in [0.25, 0.3) is 36.2 Å². The van der Waals surface area contributed by atoms with Crippen LogP contribution in [0.1, 0.15) is 49.6 Å². The molecule has 274 valence electrons. The van der Waals surface area contributed by atoms with E-state index in [0.29, 0.717) is 9.48 Å². The fourth-order valence-electron chi connectivity index (χ4n) is 4.10. The molecule has 0 amide bonds. The molecule has 18 nitrogen and oxygen atoms in total. The Morgan fingerprint density at radius 3 is 1.98 bits per heavy atom. The molecule has 0 saturated carbocycles. The Hall–Kier alpha value is -6.56. The number of tetrazole rings is 2. The van der Waals surface area contributed by atoms with Gasteiger partial charge in [0.2, 0.25) is 0 Å². The third kappa shape index (κ3) is 8.50. The van der Waals surface area contributed by atoms with E-state index in [2.05, 4.69) is 51.1 Å². The Labute approximate surface area is 299 Å². The number of hydrogen-bond donors (Lipinski definition) is 2. The largest absolute Gasteiger partial charge is 0.477 e. The Morgan fingerprint density at radius 1 is 0.792 bits per heavy atom. The van der Waals surface area contributed by atoms with E-state index in [9.17, 15) is 46.1 Å². The number of nitrogens with zero attached hydrogens (tertiary/aromatic N) is 14. The first kappa shape index (κ1) is 37.7. The van der Waals surface area contributed by atoms with E-state index in [-0.39, 0.29) is 50.0 Å². The molecular weight excluding hydrogens is 769 g/mol. The lowest BCUT2D eigenvalue weighted by molar-refractivity contribution is -0.146. The van der Waals surface area contributed by atoms with Crippen LogP contribution in [0.2, 0.25) is 10.0 Å². The quantitative estimate of drug-likeness (QED) is 0.198. The summed E-state index contributed by atoms with van der Waals surface area (Å²) in [5.74, 6) is -5.18. The van der Waals surface area contributed by atoms with Crippen LogP contribution in [-0.4, -0.2) is 92.1 Å². The predicted molar refractivity (Wildman–Crippen MR) is 167 cm³/mol. The third-order valence-corrected chi connectivity index (χ3v) is 6.96. The number of carboxylic acid groups (broad SMARTS) is 2. The minimum atomic E-state index is -4.75. The van der Waals surface area contributed by atoms with E-state index in [4.69, 9.17) is 23.2 Å². The standard InChI is InChI=1S/C14H9ClF3N7O2.C13H7ClF3N7O2/c1-7-9(4-6-24-13(14(16,17)18)20-22-23-24)21-25(10(7)12(26)27)11-8(15)3-2-5-19-11;14-8-2-1-4-18-10(8)24-9(11(25)26)6-7(20-24)3-5-23-21-12(19-22-23)13(15,16)17/h2-6H,1H3,(H,26,27);1-6H,(H,25,26)/b6-4+;5-3+. The second-order valence-corrected chi connectivity index (χ2v) is 10.7. The van der Waals surface area contributed by atoms with E-state index in [1.807, 2.05) is 0 Å². The van der Waals surface area contributed by atoms with E-state index < -0.39 is 35.9 Å². The van der Waals surface area contributed by atoms with Gasteiger partial charge in [0.05, 0.1) is 27.6 Å². The van der Waals surface area contributed by atoms with Gasteiger partial charge in [-0.2, -0.15) is 41.2 Å². The molecule has 0 spiro atoms. The molecule has 0 atom stereocenters. The summed E-state index contributed by atoms with van der Waals surface area (Å²) in [6.07, 6.45) is -2.34. The van der Waals surface area contributed by atoms with Crippen molar-refractivity contribution < 1.29 is 46.1 Å². The van der Waals surface area contributed by atoms with Gasteiger partial charge in [-0.05, 0) is 65.0 Å². The van der Waals surface area contributed by atoms with Gasteiger partial charge >= 0.3 is 24.3 Å². The molecule has 6 heterocycles. The number of aromatic carboxylic acids is 2. The van der Waals surface area contributed by atoms with Crippen molar-refractivity contribution in [3.8, 4) is 11.6 Å². The van der Waals surface area contributed by atoms with Gasteiger partial charge in [-0.25, -0.2) is 28.9 Å². The molecule has 6 aromatic heterocycles. The first-order valence-electron chi connectivity index (χ1n) is 13.9. The average molecular weight is 785 g/mol. The number of carboxylic acids is 2. The zero-order valence-corrected chi connectivity index (χ0v) is 27.4. The van der Waals surface area contributed by atoms with Gasteiger partial charge in [0.15, 0.2) is 23.0 Å². The van der Waals surface area contributed by atoms with Crippen molar-refractivity contribution in [1.29, 1.82) is 0 Å². The first-order chi connectivity index (χ1) is 25.0. The highest BCUT2D eigenvalue weighted by Gasteiger charge is 2.38. The summed E-state index contributed by atoms with van der Waals surface area (Å²) in [6.45, 7) is 1.45. The Kier molecular flexibility index (Phi) is 10.6. The molecule has 26 heteroatoms. The van der Waals surface area contributed by atoms with Crippen LogP contribution in [0.3, 0.4) is 0 Å². The first-order valence-corrected chi connectivity index (χ1v) is 14.7. The van der Waals surface area contributed by atoms with Crippen LogP contribution in [0.15, 0.2) is 42.7 Å². The van der Waals surface area contributed by atoms with Gasteiger partial charge in [0.25, 0.3) is 11.6 Å². The number of carbonyl (C=O) groups is 2. The normalized spacial score (nSPS) is 12.0. The third-order valence-electron chi connectivity index (χ3n) is 6.37. The molecule has 0 aromatic carbocycles. The second-order valence-electron chi connectivity index (χ2n) is 9.87. The molecule has 0 fully saturated rings. The van der Waals surface area contributed by atoms with Crippen LogP contribution in [0, 0.1) is 6.92 Å². The van der Waals surface area contributed by atoms with Crippen molar-refractivity contribution in [3.63, 3.8) is 0 Å². The van der Waals surface area contributed by atoms with Crippen LogP contribution in [0.4, 0.5) is 26.3 Å². The second kappa shape index (κ2) is 15.0. The predicted octanol–water partition coefficient (Wildman–Crippen LogP) is 4.81. The van der Waals surface area contributed by atoms with Crippen molar-refractivity contribution in [1.82, 2.24) is 69.9 Å². The number of halogens is 8. The van der Waals surface area contributed by atoms with E-state index >= 15 is 0 Å². The number of pyridine rings is 2. The molecule has 6 aromatic rings. The van der Waals surface area contributed by atoms with Gasteiger partial charge in [-0.3, -0.25) is 0 Å². The highest BCUT2D eigenvalue weighted by atomic mass is 35.5. The summed E-state index contributed by atoms with van der Waals surface area (Å²) in [4.78, 5) is 31.6. The van der Waals surface area contributed by atoms with Crippen molar-refractivity contribution in [2.75, 3.05) is 0 Å². The summed E-state index contributed by atoms with van der Waals surface area (Å²) in [5, 5.41) is 45.5. The molecule has 0 saturated heterocycles. The maximum absolute atomic E-state index is 12.8. The van der Waals surface area contributed by atoms with Gasteiger partial charge in [0.1, 0.15) is 0 Å². The summed E-state index contributed by atoms with van der Waals surface area (Å²) in [7, 11) is 0. The summed E-state index contributed by atoms with van der Waals surface area (Å²) in [5.41, 5.74) is -0.0920. The van der Waals surface area contributed by atoms with Crippen LogP contribution < -0.4 is 0 Å². The summed E-state index contributed by atoms with van der Waals surface area (Å²) < 4.78 is 78.1. The Balaban J connectivity index is 0.000000204. The molecule has 6 rings (SSSR count). The minimum Gasteiger partial charge on any atom is -0.477 e. The van der Waals surface area contributed by atoms with Crippen LogP contribution >= 0.6 is 23.2 Å². The summed E-state index contributed by atoms with van der Waals surface area (Å²) in [6, 6.07) is 7.31. The SMILES string of the molecule is Cc1c(/C=C/n2nnnc2C(F)(F)F)nn(-c2ncccc2Cl)c1C(=O)O.O=C(O)c1cc(/C=C/n2nnc(C(F)(F)F)n2)nn1-c1ncccc1Cl. The van der Waals surface area contributed by atoms with Crippen molar-refractivity contribution in [2.45, 2.75) is 19.3 Å². The minimum absolute atomic E-state index is 0.0673. The molecule has 0 aliphatic heterocycles. The fourth-order valence-corrected chi connectivity index (χ4v) is 4.51. The lowest BCUT2D eigenvalue weighted by Gasteiger charge is -2.05. The van der Waals surface area contributed by atoms with E-state index in [1.165, 1.54) is 43.6 Å². The van der Waals surface area contributed by atoms with Crippen molar-refractivity contribution in [2.24, 2.45) is 0 Å².